The molecular weight excluding hydrogens is 290 g/mol. The first kappa shape index (κ1) is 14.3. The molecule has 5 nitrogen and oxygen atoms in total. The number of nitrogens with zero attached hydrogens (tertiary/aromatic N) is 2. The van der Waals surface area contributed by atoms with E-state index in [0.717, 1.165) is 29.3 Å². The molecule has 1 aliphatic carbocycles. The molecule has 23 heavy (non-hydrogen) atoms. The molecule has 0 spiro atoms. The van der Waals surface area contributed by atoms with Gasteiger partial charge in [0, 0.05) is 49.2 Å². The molecule has 1 aliphatic heterocycles. The van der Waals surface area contributed by atoms with Crippen molar-refractivity contribution in [2.24, 2.45) is 5.92 Å². The number of aromatic nitrogens is 1. The minimum atomic E-state index is 0.0539. The number of benzene rings is 1. The van der Waals surface area contributed by atoms with E-state index < -0.39 is 0 Å². The van der Waals surface area contributed by atoms with Gasteiger partial charge >= 0.3 is 0 Å². The molecule has 4 rings (SSSR count). The zero-order valence-electron chi connectivity index (χ0n) is 13.1. The van der Waals surface area contributed by atoms with E-state index in [9.17, 15) is 9.59 Å². The smallest absolute Gasteiger partial charge is 0.256 e. The summed E-state index contributed by atoms with van der Waals surface area (Å²) in [5.41, 5.74) is 1.70. The third-order valence-corrected chi connectivity index (χ3v) is 5.15. The highest BCUT2D eigenvalue weighted by atomic mass is 16.2. The molecule has 1 N–H and O–H groups in total. The zero-order valence-corrected chi connectivity index (χ0v) is 13.1. The summed E-state index contributed by atoms with van der Waals surface area (Å²) in [4.78, 5) is 32.0. The lowest BCUT2D eigenvalue weighted by molar-refractivity contribution is -0.139. The molecular formula is C18H21N3O2. The number of aromatic amines is 1. The first-order valence-electron chi connectivity index (χ1n) is 8.38. The lowest BCUT2D eigenvalue weighted by Crippen LogP contribution is -2.52. The van der Waals surface area contributed by atoms with Crippen LogP contribution in [0.25, 0.3) is 10.9 Å². The van der Waals surface area contributed by atoms with Crippen molar-refractivity contribution in [3.05, 3.63) is 36.0 Å². The van der Waals surface area contributed by atoms with E-state index in [1.54, 1.807) is 6.20 Å². The van der Waals surface area contributed by atoms with E-state index in [2.05, 4.69) is 4.98 Å². The van der Waals surface area contributed by atoms with Gasteiger partial charge in [0.25, 0.3) is 5.91 Å². The van der Waals surface area contributed by atoms with Crippen molar-refractivity contribution in [3.8, 4) is 0 Å². The number of nitrogens with one attached hydrogen (secondary N) is 1. The lowest BCUT2D eigenvalue weighted by atomic mass is 9.84. The molecule has 0 unspecified atom stereocenters. The summed E-state index contributed by atoms with van der Waals surface area (Å²) in [5.74, 6) is 0.583. The van der Waals surface area contributed by atoms with Crippen molar-refractivity contribution in [1.29, 1.82) is 0 Å². The molecule has 2 heterocycles. The van der Waals surface area contributed by atoms with Gasteiger partial charge in [0.2, 0.25) is 5.91 Å². The molecule has 120 valence electrons. The van der Waals surface area contributed by atoms with E-state index in [4.69, 9.17) is 0 Å². The second-order valence-electron chi connectivity index (χ2n) is 6.49. The maximum Gasteiger partial charge on any atom is 0.256 e. The molecule has 1 aromatic carbocycles. The van der Waals surface area contributed by atoms with Gasteiger partial charge in [-0.25, -0.2) is 0 Å². The summed E-state index contributed by atoms with van der Waals surface area (Å²) < 4.78 is 0. The Kier molecular flexibility index (Phi) is 3.56. The standard InChI is InChI=1S/C18H21N3O2/c22-17(13-4-3-5-13)20-8-10-21(11-9-20)18(23)15-12-19-16-7-2-1-6-14(15)16/h1-2,6-7,12-13,19H,3-5,8-11H2. The SMILES string of the molecule is O=C(c1c[nH]c2ccccc12)N1CCN(C(=O)C2CCC2)CC1. The summed E-state index contributed by atoms with van der Waals surface area (Å²) in [6.07, 6.45) is 5.04. The van der Waals surface area contributed by atoms with Crippen molar-refractivity contribution in [2.45, 2.75) is 19.3 Å². The molecule has 0 atom stereocenters. The first-order chi connectivity index (χ1) is 11.2. The molecule has 5 heteroatoms. The van der Waals surface area contributed by atoms with Crippen LogP contribution < -0.4 is 0 Å². The molecule has 1 aromatic heterocycles. The topological polar surface area (TPSA) is 56.4 Å². The number of rotatable bonds is 2. The Morgan fingerprint density at radius 2 is 1.70 bits per heavy atom. The van der Waals surface area contributed by atoms with Gasteiger partial charge in [0.1, 0.15) is 0 Å². The van der Waals surface area contributed by atoms with Crippen LogP contribution in [0.2, 0.25) is 0 Å². The molecule has 2 aromatic rings. The van der Waals surface area contributed by atoms with E-state index in [-0.39, 0.29) is 17.7 Å². The third-order valence-electron chi connectivity index (χ3n) is 5.15. The van der Waals surface area contributed by atoms with Crippen LogP contribution in [0.1, 0.15) is 29.6 Å². The fourth-order valence-corrected chi connectivity index (χ4v) is 3.46. The number of para-hydroxylation sites is 1. The monoisotopic (exact) mass is 311 g/mol. The Labute approximate surface area is 135 Å². The average Bonchev–Trinajstić information content (AvgIpc) is 2.97. The molecule has 1 saturated heterocycles. The number of hydrogen-bond acceptors (Lipinski definition) is 2. The Morgan fingerprint density at radius 1 is 1.00 bits per heavy atom. The fraction of sp³-hybridized carbons (Fsp3) is 0.444. The minimum absolute atomic E-state index is 0.0539. The highest BCUT2D eigenvalue weighted by molar-refractivity contribution is 6.06. The van der Waals surface area contributed by atoms with Gasteiger partial charge in [-0.2, -0.15) is 0 Å². The summed E-state index contributed by atoms with van der Waals surface area (Å²) in [7, 11) is 0. The van der Waals surface area contributed by atoms with Crippen LogP contribution in [0.15, 0.2) is 30.5 Å². The number of hydrogen-bond donors (Lipinski definition) is 1. The first-order valence-corrected chi connectivity index (χ1v) is 8.38. The Bertz CT molecular complexity index is 740. The van der Waals surface area contributed by atoms with Gasteiger partial charge in [-0.1, -0.05) is 24.6 Å². The van der Waals surface area contributed by atoms with Crippen LogP contribution in [-0.4, -0.2) is 52.8 Å². The summed E-state index contributed by atoms with van der Waals surface area (Å²) in [6, 6.07) is 7.84. The van der Waals surface area contributed by atoms with Crippen LogP contribution in [0.5, 0.6) is 0 Å². The normalized spacial score (nSPS) is 19.0. The van der Waals surface area contributed by atoms with Gasteiger partial charge in [0.15, 0.2) is 0 Å². The maximum atomic E-state index is 12.8. The molecule has 2 fully saturated rings. The zero-order chi connectivity index (χ0) is 15.8. The van der Waals surface area contributed by atoms with Crippen molar-refractivity contribution in [3.63, 3.8) is 0 Å². The highest BCUT2D eigenvalue weighted by Gasteiger charge is 2.32. The van der Waals surface area contributed by atoms with Gasteiger partial charge in [0.05, 0.1) is 5.56 Å². The molecule has 2 aliphatic rings. The largest absolute Gasteiger partial charge is 0.360 e. The van der Waals surface area contributed by atoms with Gasteiger partial charge < -0.3 is 14.8 Å². The molecule has 0 bridgehead atoms. The van der Waals surface area contributed by atoms with Crippen LogP contribution in [-0.2, 0) is 4.79 Å². The number of amides is 2. The van der Waals surface area contributed by atoms with Crippen molar-refractivity contribution in [2.75, 3.05) is 26.2 Å². The van der Waals surface area contributed by atoms with Crippen molar-refractivity contribution < 1.29 is 9.59 Å². The summed E-state index contributed by atoms with van der Waals surface area (Å²) in [6.45, 7) is 2.56. The van der Waals surface area contributed by atoms with E-state index in [1.807, 2.05) is 34.1 Å². The van der Waals surface area contributed by atoms with Gasteiger partial charge in [-0.15, -0.1) is 0 Å². The molecule has 0 radical (unpaired) electrons. The lowest BCUT2D eigenvalue weighted by Gasteiger charge is -2.38. The second kappa shape index (κ2) is 5.72. The van der Waals surface area contributed by atoms with Crippen LogP contribution >= 0.6 is 0 Å². The van der Waals surface area contributed by atoms with Crippen LogP contribution in [0.4, 0.5) is 0 Å². The number of H-pyrrole nitrogens is 1. The predicted octanol–water partition coefficient (Wildman–Crippen LogP) is 2.25. The van der Waals surface area contributed by atoms with Crippen LogP contribution in [0.3, 0.4) is 0 Å². The van der Waals surface area contributed by atoms with Crippen molar-refractivity contribution in [1.82, 2.24) is 14.8 Å². The predicted molar refractivity (Wildman–Crippen MR) is 88.1 cm³/mol. The third kappa shape index (κ3) is 2.50. The Hall–Kier alpha value is -2.30. The highest BCUT2D eigenvalue weighted by Crippen LogP contribution is 2.28. The maximum absolute atomic E-state index is 12.8. The Balaban J connectivity index is 1.43. The van der Waals surface area contributed by atoms with Crippen LogP contribution in [0, 0.1) is 5.92 Å². The number of piperazine rings is 1. The number of carbonyl (C=O) groups excluding carboxylic acids is 2. The van der Waals surface area contributed by atoms with E-state index >= 15 is 0 Å². The minimum Gasteiger partial charge on any atom is -0.360 e. The van der Waals surface area contributed by atoms with Gasteiger partial charge in [-0.05, 0) is 18.9 Å². The number of fused-ring (bicyclic) bond motifs is 1. The van der Waals surface area contributed by atoms with Gasteiger partial charge in [-0.3, -0.25) is 9.59 Å². The Morgan fingerprint density at radius 3 is 2.39 bits per heavy atom. The second-order valence-corrected chi connectivity index (χ2v) is 6.49. The molecule has 1 saturated carbocycles. The molecule has 2 amide bonds. The fourth-order valence-electron chi connectivity index (χ4n) is 3.46. The van der Waals surface area contributed by atoms with E-state index in [0.29, 0.717) is 26.2 Å². The van der Waals surface area contributed by atoms with Crippen molar-refractivity contribution >= 4 is 22.7 Å². The van der Waals surface area contributed by atoms with E-state index in [1.165, 1.54) is 6.42 Å². The average molecular weight is 311 g/mol. The quantitative estimate of drug-likeness (QED) is 0.925. The summed E-state index contributed by atoms with van der Waals surface area (Å²) >= 11 is 0. The summed E-state index contributed by atoms with van der Waals surface area (Å²) in [5, 5.41) is 0.963. The number of carbonyl (C=O) groups is 2.